The van der Waals surface area contributed by atoms with Gasteiger partial charge >= 0.3 is 0 Å². The van der Waals surface area contributed by atoms with E-state index in [0.717, 1.165) is 36.4 Å². The number of pyridine rings is 1. The van der Waals surface area contributed by atoms with Crippen molar-refractivity contribution in [3.8, 4) is 0 Å². The first-order valence-corrected chi connectivity index (χ1v) is 6.18. The average molecular weight is 232 g/mol. The van der Waals surface area contributed by atoms with E-state index < -0.39 is 0 Å². The molecule has 4 nitrogen and oxygen atoms in total. The molecule has 4 heteroatoms. The second-order valence-electron chi connectivity index (χ2n) is 4.65. The molecule has 0 aromatic carbocycles. The lowest BCUT2D eigenvalue weighted by Crippen LogP contribution is -2.24. The number of rotatable bonds is 5. The van der Waals surface area contributed by atoms with Gasteiger partial charge in [-0.25, -0.2) is 9.97 Å². The number of aryl methyl sites for hydroxylation is 2. The van der Waals surface area contributed by atoms with Crippen LogP contribution in [0.1, 0.15) is 26.1 Å². The molecule has 1 N–H and O–H groups in total. The van der Waals surface area contributed by atoms with Crippen molar-refractivity contribution in [3.63, 3.8) is 0 Å². The molecule has 0 aliphatic carbocycles. The second-order valence-corrected chi connectivity index (χ2v) is 4.65. The summed E-state index contributed by atoms with van der Waals surface area (Å²) in [4.78, 5) is 8.82. The number of fused-ring (bicyclic) bond motifs is 1. The molecule has 2 aromatic heterocycles. The third-order valence-electron chi connectivity index (χ3n) is 2.88. The summed E-state index contributed by atoms with van der Waals surface area (Å²) in [7, 11) is 2.06. The van der Waals surface area contributed by atoms with E-state index in [2.05, 4.69) is 46.8 Å². The standard InChI is InChI=1S/C13H20N4/c1-10(2)14-8-5-7-12-16-13-11(17(12)3)6-4-9-15-13/h4,6,9-10,14H,5,7-8H2,1-3H3. The van der Waals surface area contributed by atoms with Crippen LogP contribution < -0.4 is 5.32 Å². The van der Waals surface area contributed by atoms with Crippen molar-refractivity contribution in [2.75, 3.05) is 6.54 Å². The van der Waals surface area contributed by atoms with Gasteiger partial charge in [-0.05, 0) is 25.1 Å². The molecule has 17 heavy (non-hydrogen) atoms. The molecule has 0 spiro atoms. The van der Waals surface area contributed by atoms with Crippen molar-refractivity contribution in [2.24, 2.45) is 7.05 Å². The Labute approximate surface area is 102 Å². The molecule has 0 fully saturated rings. The fourth-order valence-electron chi connectivity index (χ4n) is 1.93. The van der Waals surface area contributed by atoms with E-state index in [1.54, 1.807) is 6.20 Å². The third-order valence-corrected chi connectivity index (χ3v) is 2.88. The second kappa shape index (κ2) is 5.27. The molecule has 0 saturated carbocycles. The fraction of sp³-hybridized carbons (Fsp3) is 0.538. The molecule has 0 aliphatic heterocycles. The molecular formula is C13H20N4. The van der Waals surface area contributed by atoms with Crippen molar-refractivity contribution in [1.82, 2.24) is 19.9 Å². The van der Waals surface area contributed by atoms with Crippen LogP contribution in [-0.2, 0) is 13.5 Å². The maximum Gasteiger partial charge on any atom is 0.177 e. The Bertz CT molecular complexity index is 487. The van der Waals surface area contributed by atoms with Gasteiger partial charge in [0.25, 0.3) is 0 Å². The SMILES string of the molecule is CC(C)NCCCc1nc2ncccc2n1C. The Hall–Kier alpha value is -1.42. The maximum atomic E-state index is 4.55. The lowest BCUT2D eigenvalue weighted by molar-refractivity contribution is 0.563. The first-order chi connectivity index (χ1) is 8.18. The zero-order valence-corrected chi connectivity index (χ0v) is 10.8. The van der Waals surface area contributed by atoms with E-state index in [1.807, 2.05) is 6.07 Å². The Morgan fingerprint density at radius 3 is 2.94 bits per heavy atom. The first-order valence-electron chi connectivity index (χ1n) is 6.18. The van der Waals surface area contributed by atoms with Crippen LogP contribution in [0, 0.1) is 0 Å². The summed E-state index contributed by atoms with van der Waals surface area (Å²) in [6.45, 7) is 5.37. The van der Waals surface area contributed by atoms with E-state index >= 15 is 0 Å². The van der Waals surface area contributed by atoms with Crippen molar-refractivity contribution < 1.29 is 0 Å². The van der Waals surface area contributed by atoms with Gasteiger partial charge in [0.05, 0.1) is 5.52 Å². The number of imidazole rings is 1. The molecule has 2 heterocycles. The predicted octanol–water partition coefficient (Wildman–Crippen LogP) is 1.90. The van der Waals surface area contributed by atoms with Crippen LogP contribution >= 0.6 is 0 Å². The summed E-state index contributed by atoms with van der Waals surface area (Å²) in [6.07, 6.45) is 3.89. The summed E-state index contributed by atoms with van der Waals surface area (Å²) < 4.78 is 2.14. The molecule has 0 atom stereocenters. The van der Waals surface area contributed by atoms with Crippen molar-refractivity contribution in [2.45, 2.75) is 32.7 Å². The van der Waals surface area contributed by atoms with Crippen molar-refractivity contribution >= 4 is 11.2 Å². The smallest absolute Gasteiger partial charge is 0.177 e. The quantitative estimate of drug-likeness (QED) is 0.801. The van der Waals surface area contributed by atoms with E-state index in [0.29, 0.717) is 6.04 Å². The van der Waals surface area contributed by atoms with Gasteiger partial charge in [0.1, 0.15) is 5.82 Å². The Morgan fingerprint density at radius 1 is 1.41 bits per heavy atom. The highest BCUT2D eigenvalue weighted by atomic mass is 15.1. The summed E-state index contributed by atoms with van der Waals surface area (Å²) in [6, 6.07) is 4.57. The molecular weight excluding hydrogens is 212 g/mol. The summed E-state index contributed by atoms with van der Waals surface area (Å²) in [5.74, 6) is 1.12. The summed E-state index contributed by atoms with van der Waals surface area (Å²) in [5, 5.41) is 3.42. The van der Waals surface area contributed by atoms with Gasteiger partial charge in [-0.1, -0.05) is 13.8 Å². The van der Waals surface area contributed by atoms with Crippen LogP contribution in [0.15, 0.2) is 18.3 Å². The molecule has 0 bridgehead atoms. The molecule has 2 aromatic rings. The lowest BCUT2D eigenvalue weighted by atomic mass is 10.3. The normalized spacial score (nSPS) is 11.5. The first kappa shape index (κ1) is 12.0. The van der Waals surface area contributed by atoms with Gasteiger partial charge < -0.3 is 9.88 Å². The minimum absolute atomic E-state index is 0.553. The Balaban J connectivity index is 2.01. The van der Waals surface area contributed by atoms with Crippen LogP contribution in [0.5, 0.6) is 0 Å². The highest BCUT2D eigenvalue weighted by Gasteiger charge is 2.07. The van der Waals surface area contributed by atoms with E-state index in [9.17, 15) is 0 Å². The molecule has 2 rings (SSSR count). The minimum atomic E-state index is 0.553. The highest BCUT2D eigenvalue weighted by molar-refractivity contribution is 5.71. The third kappa shape index (κ3) is 2.82. The highest BCUT2D eigenvalue weighted by Crippen LogP contribution is 2.12. The lowest BCUT2D eigenvalue weighted by Gasteiger charge is -2.07. The summed E-state index contributed by atoms with van der Waals surface area (Å²) >= 11 is 0. The van der Waals surface area contributed by atoms with E-state index in [-0.39, 0.29) is 0 Å². The Morgan fingerprint density at radius 2 is 2.24 bits per heavy atom. The van der Waals surface area contributed by atoms with E-state index in [1.165, 1.54) is 0 Å². The zero-order valence-electron chi connectivity index (χ0n) is 10.8. The molecule has 0 amide bonds. The van der Waals surface area contributed by atoms with Crippen LogP contribution in [0.4, 0.5) is 0 Å². The topological polar surface area (TPSA) is 42.7 Å². The minimum Gasteiger partial charge on any atom is -0.330 e. The number of aromatic nitrogens is 3. The molecule has 0 radical (unpaired) electrons. The van der Waals surface area contributed by atoms with Gasteiger partial charge in [0.15, 0.2) is 5.65 Å². The summed E-state index contributed by atoms with van der Waals surface area (Å²) in [5.41, 5.74) is 1.96. The van der Waals surface area contributed by atoms with Gasteiger partial charge in [0, 0.05) is 25.7 Å². The number of hydrogen-bond donors (Lipinski definition) is 1. The fourth-order valence-corrected chi connectivity index (χ4v) is 1.93. The predicted molar refractivity (Wildman–Crippen MR) is 70.0 cm³/mol. The van der Waals surface area contributed by atoms with Crippen molar-refractivity contribution in [1.29, 1.82) is 0 Å². The van der Waals surface area contributed by atoms with E-state index in [4.69, 9.17) is 0 Å². The molecule has 0 aliphatic rings. The maximum absolute atomic E-state index is 4.55. The van der Waals surface area contributed by atoms with Crippen LogP contribution in [0.2, 0.25) is 0 Å². The molecule has 0 saturated heterocycles. The molecule has 92 valence electrons. The largest absolute Gasteiger partial charge is 0.330 e. The number of nitrogens with zero attached hydrogens (tertiary/aromatic N) is 3. The van der Waals surface area contributed by atoms with Crippen LogP contribution in [-0.4, -0.2) is 27.1 Å². The zero-order chi connectivity index (χ0) is 12.3. The van der Waals surface area contributed by atoms with Crippen molar-refractivity contribution in [3.05, 3.63) is 24.2 Å². The van der Waals surface area contributed by atoms with Gasteiger partial charge in [0.2, 0.25) is 0 Å². The van der Waals surface area contributed by atoms with Gasteiger partial charge in [-0.2, -0.15) is 0 Å². The number of nitrogens with one attached hydrogen (secondary N) is 1. The number of hydrogen-bond acceptors (Lipinski definition) is 3. The average Bonchev–Trinajstić information content (AvgIpc) is 2.63. The molecule has 0 unspecified atom stereocenters. The van der Waals surface area contributed by atoms with Crippen LogP contribution in [0.3, 0.4) is 0 Å². The van der Waals surface area contributed by atoms with Crippen LogP contribution in [0.25, 0.3) is 11.2 Å². The van der Waals surface area contributed by atoms with Gasteiger partial charge in [-0.3, -0.25) is 0 Å². The van der Waals surface area contributed by atoms with Gasteiger partial charge in [-0.15, -0.1) is 0 Å². The Kier molecular flexibility index (Phi) is 3.74. The monoisotopic (exact) mass is 232 g/mol.